The van der Waals surface area contributed by atoms with Gasteiger partial charge < -0.3 is 26.8 Å². The van der Waals surface area contributed by atoms with Gasteiger partial charge in [-0.2, -0.15) is 0 Å². The molecular formula is C28H23N7O8. The first kappa shape index (κ1) is 28.4. The van der Waals surface area contributed by atoms with Gasteiger partial charge in [-0.3, -0.25) is 23.7 Å². The van der Waals surface area contributed by atoms with Gasteiger partial charge in [0.15, 0.2) is 0 Å². The first-order chi connectivity index (χ1) is 20.5. The normalized spacial score (nSPS) is 11.7. The monoisotopic (exact) mass is 585 g/mol. The number of carboxylic acids is 1. The number of fused-ring (bicyclic) bond motifs is 1. The fraction of sp³-hybridized carbons (Fsp3) is 0.143. The van der Waals surface area contributed by atoms with Crippen LogP contribution < -0.4 is 38.3 Å². The Labute approximate surface area is 240 Å². The van der Waals surface area contributed by atoms with Crippen molar-refractivity contribution in [3.05, 3.63) is 119 Å². The highest BCUT2D eigenvalue weighted by Gasteiger charge is 2.22. The maximum Gasteiger partial charge on any atom is 0.448 e. The SMILES string of the molecule is C[C@H](NC(=O)c1cc(C(=O)NCc2cccc(CNc3c(N)c(=O)c3=O)c2)nc2noc(=O)n12)c1ccc(C(=O)O)cc1. The van der Waals surface area contributed by atoms with Gasteiger partial charge in [0.1, 0.15) is 22.8 Å². The van der Waals surface area contributed by atoms with Crippen molar-refractivity contribution in [2.75, 3.05) is 11.1 Å². The van der Waals surface area contributed by atoms with Crippen LogP contribution in [-0.2, 0) is 13.1 Å². The van der Waals surface area contributed by atoms with Gasteiger partial charge in [-0.15, -0.1) is 0 Å². The number of aromatic carboxylic acids is 1. The summed E-state index contributed by atoms with van der Waals surface area (Å²) in [5.41, 5.74) is 5.80. The molecule has 6 N–H and O–H groups in total. The molecule has 5 aromatic rings. The first-order valence-electron chi connectivity index (χ1n) is 12.8. The smallest absolute Gasteiger partial charge is 0.448 e. The summed E-state index contributed by atoms with van der Waals surface area (Å²) < 4.78 is 5.48. The van der Waals surface area contributed by atoms with Crippen molar-refractivity contribution in [1.82, 2.24) is 25.2 Å². The van der Waals surface area contributed by atoms with E-state index in [2.05, 4.69) is 30.6 Å². The number of carbonyl (C=O) groups is 3. The first-order valence-corrected chi connectivity index (χ1v) is 12.8. The number of nitrogens with one attached hydrogen (secondary N) is 3. The van der Waals surface area contributed by atoms with Crippen LogP contribution in [0.4, 0.5) is 11.4 Å². The predicted molar refractivity (Wildman–Crippen MR) is 152 cm³/mol. The fourth-order valence-electron chi connectivity index (χ4n) is 4.30. The molecule has 2 heterocycles. The lowest BCUT2D eigenvalue weighted by atomic mass is 10.1. The van der Waals surface area contributed by atoms with E-state index in [-0.39, 0.29) is 47.2 Å². The van der Waals surface area contributed by atoms with Crippen molar-refractivity contribution in [1.29, 1.82) is 0 Å². The lowest BCUT2D eigenvalue weighted by Gasteiger charge is -2.15. The van der Waals surface area contributed by atoms with Crippen molar-refractivity contribution in [2.45, 2.75) is 26.1 Å². The van der Waals surface area contributed by atoms with Gasteiger partial charge in [-0.1, -0.05) is 36.4 Å². The van der Waals surface area contributed by atoms with Crippen molar-refractivity contribution >= 4 is 34.9 Å². The molecule has 43 heavy (non-hydrogen) atoms. The molecule has 0 unspecified atom stereocenters. The highest BCUT2D eigenvalue weighted by Crippen LogP contribution is 2.16. The van der Waals surface area contributed by atoms with Gasteiger partial charge in [0.05, 0.1) is 11.6 Å². The Kier molecular flexibility index (Phi) is 7.53. The molecule has 0 fully saturated rings. The molecular weight excluding hydrogens is 562 g/mol. The molecule has 0 aliphatic heterocycles. The molecule has 218 valence electrons. The van der Waals surface area contributed by atoms with Crippen LogP contribution in [0.5, 0.6) is 0 Å². The maximum atomic E-state index is 13.2. The number of nitrogens with two attached hydrogens (primary N) is 1. The number of anilines is 2. The molecule has 0 saturated carbocycles. The Hall–Kier alpha value is -6.12. The summed E-state index contributed by atoms with van der Waals surface area (Å²) in [6, 6.07) is 13.5. The average molecular weight is 586 g/mol. The number of aromatic nitrogens is 3. The van der Waals surface area contributed by atoms with Crippen molar-refractivity contribution in [2.24, 2.45) is 0 Å². The maximum absolute atomic E-state index is 13.2. The summed E-state index contributed by atoms with van der Waals surface area (Å²) in [4.78, 5) is 76.5. The summed E-state index contributed by atoms with van der Waals surface area (Å²) in [6.07, 6.45) is 0. The van der Waals surface area contributed by atoms with Crippen LogP contribution >= 0.6 is 0 Å². The largest absolute Gasteiger partial charge is 0.478 e. The van der Waals surface area contributed by atoms with Crippen LogP contribution in [0, 0.1) is 0 Å². The Morgan fingerprint density at radius 3 is 2.35 bits per heavy atom. The van der Waals surface area contributed by atoms with E-state index in [9.17, 15) is 28.8 Å². The molecule has 0 bridgehead atoms. The number of carbonyl (C=O) groups excluding carboxylic acids is 2. The third-order valence-electron chi connectivity index (χ3n) is 6.65. The Morgan fingerprint density at radius 2 is 1.67 bits per heavy atom. The number of amides is 2. The predicted octanol–water partition coefficient (Wildman–Crippen LogP) is 0.592. The van der Waals surface area contributed by atoms with E-state index in [1.165, 1.54) is 12.1 Å². The minimum Gasteiger partial charge on any atom is -0.478 e. The van der Waals surface area contributed by atoms with Gasteiger partial charge in [-0.25, -0.2) is 19.0 Å². The third-order valence-corrected chi connectivity index (χ3v) is 6.65. The van der Waals surface area contributed by atoms with Crippen molar-refractivity contribution in [3.63, 3.8) is 0 Å². The number of hydrogen-bond acceptors (Lipinski definition) is 11. The molecule has 0 aliphatic rings. The topological polar surface area (TPSA) is 228 Å². The van der Waals surface area contributed by atoms with E-state index in [0.29, 0.717) is 11.1 Å². The molecule has 2 amide bonds. The Bertz CT molecular complexity index is 2020. The summed E-state index contributed by atoms with van der Waals surface area (Å²) in [6.45, 7) is 1.95. The number of rotatable bonds is 10. The number of nitrogen functional groups attached to an aromatic ring is 1. The lowest BCUT2D eigenvalue weighted by Crippen LogP contribution is -2.36. The van der Waals surface area contributed by atoms with Gasteiger partial charge in [0.2, 0.25) is 0 Å². The average Bonchev–Trinajstić information content (AvgIpc) is 3.39. The Morgan fingerprint density at radius 1 is 0.977 bits per heavy atom. The van der Waals surface area contributed by atoms with Crippen LogP contribution in [-0.4, -0.2) is 37.4 Å². The second-order valence-electron chi connectivity index (χ2n) is 9.54. The van der Waals surface area contributed by atoms with E-state index in [1.54, 1.807) is 43.3 Å². The molecule has 0 radical (unpaired) electrons. The van der Waals surface area contributed by atoms with Crippen LogP contribution in [0.15, 0.2) is 73.5 Å². The molecule has 1 atom stereocenters. The zero-order valence-corrected chi connectivity index (χ0v) is 22.4. The number of hydrogen-bond donors (Lipinski definition) is 5. The summed E-state index contributed by atoms with van der Waals surface area (Å²) >= 11 is 0. The van der Waals surface area contributed by atoms with Crippen molar-refractivity contribution in [3.8, 4) is 0 Å². The number of benzene rings is 2. The molecule has 3 aromatic carbocycles. The molecule has 15 nitrogen and oxygen atoms in total. The van der Waals surface area contributed by atoms with E-state index in [4.69, 9.17) is 10.8 Å². The summed E-state index contributed by atoms with van der Waals surface area (Å²) in [7, 11) is 0. The van der Waals surface area contributed by atoms with Crippen molar-refractivity contribution < 1.29 is 24.0 Å². The van der Waals surface area contributed by atoms with Gasteiger partial charge in [0.25, 0.3) is 28.4 Å². The number of carboxylic acid groups (broad SMARTS) is 1. The zero-order valence-electron chi connectivity index (χ0n) is 22.4. The van der Waals surface area contributed by atoms with E-state index >= 15 is 0 Å². The van der Waals surface area contributed by atoms with Crippen LogP contribution in [0.1, 0.15) is 61.0 Å². The van der Waals surface area contributed by atoms with E-state index in [1.807, 2.05) is 0 Å². The third kappa shape index (κ3) is 5.72. The van der Waals surface area contributed by atoms with Crippen LogP contribution in [0.2, 0.25) is 0 Å². The van der Waals surface area contributed by atoms with E-state index in [0.717, 1.165) is 16.0 Å². The molecule has 0 saturated heterocycles. The van der Waals surface area contributed by atoms with Gasteiger partial charge >= 0.3 is 11.7 Å². The fourth-order valence-corrected chi connectivity index (χ4v) is 4.30. The molecule has 0 aliphatic carbocycles. The van der Waals surface area contributed by atoms with Crippen LogP contribution in [0.3, 0.4) is 0 Å². The second kappa shape index (κ2) is 11.4. The molecule has 5 rings (SSSR count). The summed E-state index contributed by atoms with van der Waals surface area (Å²) in [5.74, 6) is -3.76. The van der Waals surface area contributed by atoms with Gasteiger partial charge in [-0.05, 0) is 47.0 Å². The molecule has 0 spiro atoms. The van der Waals surface area contributed by atoms with Crippen LogP contribution in [0.25, 0.3) is 5.78 Å². The highest BCUT2D eigenvalue weighted by atomic mass is 16.5. The standard InChI is InChI=1S/C28H23N7O8/c1-13(16-5-7-17(8-6-16)26(40)41)32-25(39)19-10-18(33-27-34-43-28(42)35(19)27)24(38)31-12-15-4-2-3-14(9-15)11-30-21-20(29)22(36)23(21)37/h2-10,13,30H,11-12,29H2,1H3,(H,31,38)(H,32,39)(H,40,41)/t13-/m0/s1. The quantitative estimate of drug-likeness (QED) is 0.142. The summed E-state index contributed by atoms with van der Waals surface area (Å²) in [5, 5.41) is 20.9. The van der Waals surface area contributed by atoms with Gasteiger partial charge in [0, 0.05) is 13.1 Å². The lowest BCUT2D eigenvalue weighted by molar-refractivity contribution is 0.0696. The minimum atomic E-state index is -1.09. The number of nitrogens with zero attached hydrogens (tertiary/aromatic N) is 3. The molecule has 15 heteroatoms. The zero-order chi connectivity index (χ0) is 30.8. The highest BCUT2D eigenvalue weighted by molar-refractivity contribution is 5.98. The Balaban J connectivity index is 1.29. The minimum absolute atomic E-state index is 0.0678. The second-order valence-corrected chi connectivity index (χ2v) is 9.54. The molecule has 2 aromatic heterocycles. The van der Waals surface area contributed by atoms with E-state index < -0.39 is 40.4 Å².